The highest BCUT2D eigenvalue weighted by Gasteiger charge is 2.31. The topological polar surface area (TPSA) is 15.3 Å². The molecule has 2 rings (SSSR count). The summed E-state index contributed by atoms with van der Waals surface area (Å²) in [5, 5.41) is 3.79. The quantitative estimate of drug-likeness (QED) is 0.784. The van der Waals surface area contributed by atoms with Crippen molar-refractivity contribution in [3.63, 3.8) is 0 Å². The summed E-state index contributed by atoms with van der Waals surface area (Å²) >= 11 is 0. The molecular weight excluding hydrogens is 256 g/mol. The van der Waals surface area contributed by atoms with Crippen LogP contribution in [0.4, 0.5) is 5.69 Å². The maximum absolute atomic E-state index is 3.79. The Labute approximate surface area is 130 Å². The van der Waals surface area contributed by atoms with Crippen molar-refractivity contribution in [3.05, 3.63) is 30.3 Å². The van der Waals surface area contributed by atoms with Crippen LogP contribution < -0.4 is 10.2 Å². The Morgan fingerprint density at radius 2 is 1.95 bits per heavy atom. The third-order valence-electron chi connectivity index (χ3n) is 4.97. The maximum Gasteiger partial charge on any atom is 0.0363 e. The smallest absolute Gasteiger partial charge is 0.0363 e. The molecule has 0 heterocycles. The van der Waals surface area contributed by atoms with Crippen LogP contribution in [0.25, 0.3) is 0 Å². The first kappa shape index (κ1) is 16.4. The Morgan fingerprint density at radius 1 is 1.24 bits per heavy atom. The van der Waals surface area contributed by atoms with Gasteiger partial charge in [0.1, 0.15) is 0 Å². The van der Waals surface area contributed by atoms with Crippen LogP contribution in [0.5, 0.6) is 0 Å². The minimum absolute atomic E-state index is 0.547. The molecule has 0 bridgehead atoms. The lowest BCUT2D eigenvalue weighted by molar-refractivity contribution is 0.149. The van der Waals surface area contributed by atoms with E-state index in [1.807, 2.05) is 0 Å². The SMILES string of the molecule is CC1CC(C)(C)CCC1NCCCN(C)c1ccccc1. The van der Waals surface area contributed by atoms with Crippen LogP contribution in [0.15, 0.2) is 30.3 Å². The molecule has 21 heavy (non-hydrogen) atoms. The van der Waals surface area contributed by atoms with Crippen LogP contribution in [0, 0.1) is 11.3 Å². The first-order chi connectivity index (χ1) is 9.98. The van der Waals surface area contributed by atoms with Gasteiger partial charge in [-0.25, -0.2) is 0 Å². The third kappa shape index (κ3) is 5.03. The van der Waals surface area contributed by atoms with Gasteiger partial charge in [-0.3, -0.25) is 0 Å². The molecule has 1 saturated carbocycles. The average molecular weight is 288 g/mol. The van der Waals surface area contributed by atoms with E-state index < -0.39 is 0 Å². The zero-order chi connectivity index (χ0) is 15.3. The molecule has 0 amide bonds. The molecule has 0 saturated heterocycles. The normalized spacial score (nSPS) is 24.8. The first-order valence-corrected chi connectivity index (χ1v) is 8.47. The van der Waals surface area contributed by atoms with Gasteiger partial charge < -0.3 is 10.2 Å². The Hall–Kier alpha value is -1.02. The lowest BCUT2D eigenvalue weighted by Gasteiger charge is -2.39. The molecule has 2 nitrogen and oxygen atoms in total. The Bertz CT molecular complexity index is 413. The van der Waals surface area contributed by atoms with Gasteiger partial charge in [0.2, 0.25) is 0 Å². The molecule has 0 radical (unpaired) electrons. The molecule has 1 aliphatic carbocycles. The number of hydrogen-bond acceptors (Lipinski definition) is 2. The van der Waals surface area contributed by atoms with Crippen molar-refractivity contribution in [2.24, 2.45) is 11.3 Å². The highest BCUT2D eigenvalue weighted by atomic mass is 15.1. The Balaban J connectivity index is 1.66. The summed E-state index contributed by atoms with van der Waals surface area (Å²) in [6.07, 6.45) is 5.26. The number of para-hydroxylation sites is 1. The van der Waals surface area contributed by atoms with Gasteiger partial charge in [-0.2, -0.15) is 0 Å². The Kier molecular flexibility index (Phi) is 5.69. The van der Waals surface area contributed by atoms with Gasteiger partial charge in [0.15, 0.2) is 0 Å². The van der Waals surface area contributed by atoms with Crippen LogP contribution >= 0.6 is 0 Å². The molecule has 2 unspecified atom stereocenters. The lowest BCUT2D eigenvalue weighted by Crippen LogP contribution is -2.42. The third-order valence-corrected chi connectivity index (χ3v) is 4.97. The van der Waals surface area contributed by atoms with Gasteiger partial charge in [-0.15, -0.1) is 0 Å². The highest BCUT2D eigenvalue weighted by Crippen LogP contribution is 2.38. The van der Waals surface area contributed by atoms with E-state index in [-0.39, 0.29) is 0 Å². The Morgan fingerprint density at radius 3 is 2.62 bits per heavy atom. The molecule has 2 atom stereocenters. The molecule has 1 aromatic rings. The standard InChI is InChI=1S/C19H32N2/c1-16-15-19(2,3)12-11-18(16)20-13-8-14-21(4)17-9-6-5-7-10-17/h5-7,9-10,16,18,20H,8,11-15H2,1-4H3. The highest BCUT2D eigenvalue weighted by molar-refractivity contribution is 5.44. The van der Waals surface area contributed by atoms with Gasteiger partial charge in [-0.1, -0.05) is 39.0 Å². The number of nitrogens with one attached hydrogen (secondary N) is 1. The van der Waals surface area contributed by atoms with Crippen molar-refractivity contribution < 1.29 is 0 Å². The zero-order valence-corrected chi connectivity index (χ0v) is 14.2. The summed E-state index contributed by atoms with van der Waals surface area (Å²) in [7, 11) is 2.18. The van der Waals surface area contributed by atoms with Crippen molar-refractivity contribution >= 4 is 5.69 Å². The molecule has 0 spiro atoms. The second-order valence-electron chi connectivity index (χ2n) is 7.56. The van der Waals surface area contributed by atoms with Crippen molar-refractivity contribution in [1.82, 2.24) is 5.32 Å². The lowest BCUT2D eigenvalue weighted by atomic mass is 9.70. The molecule has 2 heteroatoms. The van der Waals surface area contributed by atoms with E-state index in [0.717, 1.165) is 25.0 Å². The van der Waals surface area contributed by atoms with Crippen LogP contribution in [0.2, 0.25) is 0 Å². The zero-order valence-electron chi connectivity index (χ0n) is 14.2. The molecule has 1 N–H and O–H groups in total. The minimum Gasteiger partial charge on any atom is -0.375 e. The number of nitrogens with zero attached hydrogens (tertiary/aromatic N) is 1. The van der Waals surface area contributed by atoms with Gasteiger partial charge in [0.25, 0.3) is 0 Å². The monoisotopic (exact) mass is 288 g/mol. The van der Waals surface area contributed by atoms with E-state index in [9.17, 15) is 0 Å². The molecule has 1 aliphatic rings. The van der Waals surface area contributed by atoms with Gasteiger partial charge in [0, 0.05) is 25.3 Å². The second kappa shape index (κ2) is 7.31. The molecule has 0 aliphatic heterocycles. The number of hydrogen-bond donors (Lipinski definition) is 1. The number of rotatable bonds is 6. The van der Waals surface area contributed by atoms with E-state index in [4.69, 9.17) is 0 Å². The van der Waals surface area contributed by atoms with E-state index >= 15 is 0 Å². The van der Waals surface area contributed by atoms with Gasteiger partial charge >= 0.3 is 0 Å². The van der Waals surface area contributed by atoms with Crippen LogP contribution in [-0.2, 0) is 0 Å². The summed E-state index contributed by atoms with van der Waals surface area (Å²) in [5.41, 5.74) is 1.86. The average Bonchev–Trinajstić information content (AvgIpc) is 2.45. The fourth-order valence-corrected chi connectivity index (χ4v) is 3.67. The van der Waals surface area contributed by atoms with Crippen LogP contribution in [0.3, 0.4) is 0 Å². The van der Waals surface area contributed by atoms with Gasteiger partial charge in [0.05, 0.1) is 0 Å². The van der Waals surface area contributed by atoms with E-state index in [1.165, 1.54) is 31.4 Å². The van der Waals surface area contributed by atoms with Crippen molar-refractivity contribution in [1.29, 1.82) is 0 Å². The summed E-state index contributed by atoms with van der Waals surface area (Å²) in [5.74, 6) is 0.806. The summed E-state index contributed by atoms with van der Waals surface area (Å²) < 4.78 is 0. The fourth-order valence-electron chi connectivity index (χ4n) is 3.67. The van der Waals surface area contributed by atoms with Crippen molar-refractivity contribution in [3.8, 4) is 0 Å². The minimum atomic E-state index is 0.547. The molecule has 1 fully saturated rings. The summed E-state index contributed by atoms with van der Waals surface area (Å²) in [4.78, 5) is 2.34. The number of benzene rings is 1. The fraction of sp³-hybridized carbons (Fsp3) is 0.684. The van der Waals surface area contributed by atoms with Crippen molar-refractivity contribution in [2.45, 2.75) is 52.5 Å². The molecular formula is C19H32N2. The first-order valence-electron chi connectivity index (χ1n) is 8.47. The van der Waals surface area contributed by atoms with E-state index in [2.05, 4.69) is 68.4 Å². The predicted octanol–water partition coefficient (Wildman–Crippen LogP) is 4.32. The predicted molar refractivity (Wildman–Crippen MR) is 92.9 cm³/mol. The summed E-state index contributed by atoms with van der Waals surface area (Å²) in [6, 6.07) is 11.4. The summed E-state index contributed by atoms with van der Waals surface area (Å²) in [6.45, 7) is 9.48. The van der Waals surface area contributed by atoms with E-state index in [0.29, 0.717) is 5.41 Å². The largest absolute Gasteiger partial charge is 0.375 e. The van der Waals surface area contributed by atoms with Crippen LogP contribution in [0.1, 0.15) is 46.5 Å². The number of anilines is 1. The van der Waals surface area contributed by atoms with Gasteiger partial charge in [-0.05, 0) is 55.7 Å². The molecule has 0 aromatic heterocycles. The molecule has 1 aromatic carbocycles. The van der Waals surface area contributed by atoms with E-state index in [1.54, 1.807) is 0 Å². The molecule has 118 valence electrons. The second-order valence-corrected chi connectivity index (χ2v) is 7.56. The maximum atomic E-state index is 3.79. The van der Waals surface area contributed by atoms with Crippen LogP contribution in [-0.4, -0.2) is 26.2 Å². The van der Waals surface area contributed by atoms with Crippen molar-refractivity contribution in [2.75, 3.05) is 25.0 Å².